The number of carbonyl (C=O) groups is 1. The molecule has 148 valence electrons. The van der Waals surface area contributed by atoms with Crippen LogP contribution in [0.5, 0.6) is 0 Å². The fourth-order valence-electron chi connectivity index (χ4n) is 3.86. The van der Waals surface area contributed by atoms with Gasteiger partial charge in [-0.1, -0.05) is 66.2 Å². The zero-order valence-electron chi connectivity index (χ0n) is 16.4. The summed E-state index contributed by atoms with van der Waals surface area (Å²) >= 11 is 5.96. The minimum Gasteiger partial charge on any atom is -0.371 e. The molecular weight excluding hydrogens is 380 g/mol. The van der Waals surface area contributed by atoms with Crippen LogP contribution >= 0.6 is 11.6 Å². The summed E-state index contributed by atoms with van der Waals surface area (Å²) in [5, 5.41) is 3.86. The van der Waals surface area contributed by atoms with Crippen LogP contribution in [-0.2, 0) is 11.3 Å². The molecule has 1 atom stereocenters. The fourth-order valence-corrected chi connectivity index (χ4v) is 3.98. The SMILES string of the molecule is O=C(NCc1ccc(-c2ccc(Cl)cc2)cc1)C1CCCN(c2ccccc2)C1. The van der Waals surface area contributed by atoms with E-state index in [1.165, 1.54) is 5.69 Å². The van der Waals surface area contributed by atoms with Gasteiger partial charge in [0.2, 0.25) is 5.91 Å². The number of piperidine rings is 1. The van der Waals surface area contributed by atoms with Crippen LogP contribution in [0.1, 0.15) is 18.4 Å². The normalized spacial score (nSPS) is 16.4. The summed E-state index contributed by atoms with van der Waals surface area (Å²) in [5.41, 5.74) is 4.57. The lowest BCUT2D eigenvalue weighted by molar-refractivity contribution is -0.125. The van der Waals surface area contributed by atoms with Crippen molar-refractivity contribution in [3.63, 3.8) is 0 Å². The minimum atomic E-state index is 0.0392. The van der Waals surface area contributed by atoms with Gasteiger partial charge in [0.25, 0.3) is 0 Å². The van der Waals surface area contributed by atoms with Crippen LogP contribution in [0.25, 0.3) is 11.1 Å². The second kappa shape index (κ2) is 9.15. The molecule has 29 heavy (non-hydrogen) atoms. The van der Waals surface area contributed by atoms with Crippen molar-refractivity contribution in [2.24, 2.45) is 5.92 Å². The highest BCUT2D eigenvalue weighted by Gasteiger charge is 2.25. The van der Waals surface area contributed by atoms with E-state index in [2.05, 4.69) is 46.6 Å². The van der Waals surface area contributed by atoms with Gasteiger partial charge in [-0.05, 0) is 53.8 Å². The maximum absolute atomic E-state index is 12.7. The van der Waals surface area contributed by atoms with Crippen LogP contribution in [-0.4, -0.2) is 19.0 Å². The number of hydrogen-bond donors (Lipinski definition) is 1. The summed E-state index contributed by atoms with van der Waals surface area (Å²) in [6.07, 6.45) is 1.99. The van der Waals surface area contributed by atoms with Gasteiger partial charge in [-0.2, -0.15) is 0 Å². The third-order valence-corrected chi connectivity index (χ3v) is 5.76. The summed E-state index contributed by atoms with van der Waals surface area (Å²) in [5.74, 6) is 0.185. The largest absolute Gasteiger partial charge is 0.371 e. The topological polar surface area (TPSA) is 32.3 Å². The second-order valence-electron chi connectivity index (χ2n) is 7.54. The molecule has 0 bridgehead atoms. The van der Waals surface area contributed by atoms with Gasteiger partial charge in [0.15, 0.2) is 0 Å². The first-order chi connectivity index (χ1) is 14.2. The van der Waals surface area contributed by atoms with Crippen LogP contribution in [0.2, 0.25) is 5.02 Å². The Bertz CT molecular complexity index is 939. The van der Waals surface area contributed by atoms with Gasteiger partial charge < -0.3 is 10.2 Å². The van der Waals surface area contributed by atoms with Crippen molar-refractivity contribution in [1.29, 1.82) is 0 Å². The van der Waals surface area contributed by atoms with Crippen LogP contribution in [0.3, 0.4) is 0 Å². The number of nitrogens with one attached hydrogen (secondary N) is 1. The highest BCUT2D eigenvalue weighted by molar-refractivity contribution is 6.30. The molecule has 0 aliphatic carbocycles. The third-order valence-electron chi connectivity index (χ3n) is 5.51. The number of rotatable bonds is 5. The first kappa shape index (κ1) is 19.5. The zero-order chi connectivity index (χ0) is 20.1. The van der Waals surface area contributed by atoms with Crippen LogP contribution < -0.4 is 10.2 Å². The summed E-state index contributed by atoms with van der Waals surface area (Å²) in [6, 6.07) is 26.5. The number of para-hydroxylation sites is 1. The van der Waals surface area contributed by atoms with Crippen molar-refractivity contribution in [3.8, 4) is 11.1 Å². The summed E-state index contributed by atoms with van der Waals surface area (Å²) < 4.78 is 0. The summed E-state index contributed by atoms with van der Waals surface area (Å²) in [7, 11) is 0. The van der Waals surface area contributed by atoms with Gasteiger partial charge in [-0.25, -0.2) is 0 Å². The van der Waals surface area contributed by atoms with E-state index < -0.39 is 0 Å². The Balaban J connectivity index is 1.32. The second-order valence-corrected chi connectivity index (χ2v) is 7.98. The number of halogens is 1. The van der Waals surface area contributed by atoms with Gasteiger partial charge in [0.1, 0.15) is 0 Å². The molecule has 0 spiro atoms. The maximum atomic E-state index is 12.7. The Hall–Kier alpha value is -2.78. The molecule has 1 amide bonds. The molecule has 3 nitrogen and oxygen atoms in total. The quantitative estimate of drug-likeness (QED) is 0.605. The summed E-state index contributed by atoms with van der Waals surface area (Å²) in [4.78, 5) is 15.0. The molecule has 0 aromatic heterocycles. The standard InChI is InChI=1S/C25H25ClN2O/c26-23-14-12-21(13-15-23)20-10-8-19(9-11-20)17-27-25(29)22-5-4-16-28(18-22)24-6-2-1-3-7-24/h1-3,6-15,22H,4-5,16-18H2,(H,27,29). The lowest BCUT2D eigenvalue weighted by Gasteiger charge is -2.33. The number of carbonyl (C=O) groups excluding carboxylic acids is 1. The molecule has 1 N–H and O–H groups in total. The summed E-state index contributed by atoms with van der Waals surface area (Å²) in [6.45, 7) is 2.35. The third kappa shape index (κ3) is 4.99. The van der Waals surface area contributed by atoms with Crippen LogP contribution in [0, 0.1) is 5.92 Å². The van der Waals surface area contributed by atoms with E-state index in [0.29, 0.717) is 6.54 Å². The minimum absolute atomic E-state index is 0.0392. The molecule has 3 aromatic rings. The highest BCUT2D eigenvalue weighted by Crippen LogP contribution is 2.24. The first-order valence-electron chi connectivity index (χ1n) is 10.1. The molecule has 4 heteroatoms. The van der Waals surface area contributed by atoms with Gasteiger partial charge in [0, 0.05) is 30.3 Å². The molecule has 1 unspecified atom stereocenters. The van der Waals surface area contributed by atoms with E-state index in [4.69, 9.17) is 11.6 Å². The van der Waals surface area contributed by atoms with Crippen molar-refractivity contribution in [1.82, 2.24) is 5.32 Å². The Morgan fingerprint density at radius 3 is 2.28 bits per heavy atom. The molecule has 0 saturated carbocycles. The molecule has 0 radical (unpaired) electrons. The Kier molecular flexibility index (Phi) is 6.16. The lowest BCUT2D eigenvalue weighted by Crippen LogP contribution is -2.42. The zero-order valence-corrected chi connectivity index (χ0v) is 17.1. The average molecular weight is 405 g/mol. The monoisotopic (exact) mass is 404 g/mol. The predicted octanol–water partition coefficient (Wildman–Crippen LogP) is 5.54. The Labute approximate surface area is 177 Å². The lowest BCUT2D eigenvalue weighted by atomic mass is 9.96. The number of amides is 1. The molecule has 1 saturated heterocycles. The Morgan fingerprint density at radius 2 is 1.59 bits per heavy atom. The van der Waals surface area contributed by atoms with E-state index in [0.717, 1.165) is 47.6 Å². The van der Waals surface area contributed by atoms with E-state index in [1.54, 1.807) is 0 Å². The van der Waals surface area contributed by atoms with Crippen molar-refractivity contribution >= 4 is 23.2 Å². The first-order valence-corrected chi connectivity index (χ1v) is 10.5. The molecule has 1 fully saturated rings. The van der Waals surface area contributed by atoms with Crippen molar-refractivity contribution in [3.05, 3.63) is 89.4 Å². The molecule has 4 rings (SSSR count). The van der Waals surface area contributed by atoms with E-state index in [-0.39, 0.29) is 11.8 Å². The average Bonchev–Trinajstić information content (AvgIpc) is 2.79. The Morgan fingerprint density at radius 1 is 0.931 bits per heavy atom. The molecule has 1 aliphatic rings. The van der Waals surface area contributed by atoms with E-state index in [1.807, 2.05) is 42.5 Å². The van der Waals surface area contributed by atoms with Gasteiger partial charge in [-0.15, -0.1) is 0 Å². The van der Waals surface area contributed by atoms with Gasteiger partial charge in [0.05, 0.1) is 5.92 Å². The predicted molar refractivity (Wildman–Crippen MR) is 120 cm³/mol. The van der Waals surface area contributed by atoms with E-state index >= 15 is 0 Å². The smallest absolute Gasteiger partial charge is 0.225 e. The number of nitrogens with zero attached hydrogens (tertiary/aromatic N) is 1. The molecular formula is C25H25ClN2O. The van der Waals surface area contributed by atoms with Crippen LogP contribution in [0.4, 0.5) is 5.69 Å². The van der Waals surface area contributed by atoms with Crippen molar-refractivity contribution in [2.75, 3.05) is 18.0 Å². The van der Waals surface area contributed by atoms with Crippen molar-refractivity contribution < 1.29 is 4.79 Å². The number of hydrogen-bond acceptors (Lipinski definition) is 2. The molecule has 3 aromatic carbocycles. The number of benzene rings is 3. The number of anilines is 1. The fraction of sp³-hybridized carbons (Fsp3) is 0.240. The van der Waals surface area contributed by atoms with Crippen molar-refractivity contribution in [2.45, 2.75) is 19.4 Å². The van der Waals surface area contributed by atoms with Gasteiger partial charge >= 0.3 is 0 Å². The molecule has 1 aliphatic heterocycles. The van der Waals surface area contributed by atoms with Gasteiger partial charge in [-0.3, -0.25) is 4.79 Å². The highest BCUT2D eigenvalue weighted by atomic mass is 35.5. The molecule has 1 heterocycles. The maximum Gasteiger partial charge on any atom is 0.225 e. The van der Waals surface area contributed by atoms with Crippen LogP contribution in [0.15, 0.2) is 78.9 Å². The van der Waals surface area contributed by atoms with E-state index in [9.17, 15) is 4.79 Å².